The van der Waals surface area contributed by atoms with E-state index in [1.165, 1.54) is 7.11 Å². The van der Waals surface area contributed by atoms with Gasteiger partial charge in [-0.2, -0.15) is 0 Å². The monoisotopic (exact) mass is 825 g/mol. The predicted molar refractivity (Wildman–Crippen MR) is 222 cm³/mol. The standard InChI is InChI=1S/C48H72O11/c1-10-12-22-55-43(52)42(44(53)56-23-13-11-2)48(33-16-14-32(15-17-33)28-59-45(4,5)6)21-20-46(7)34(27-48)25-38(57-29-49)41-36-19-18-35(31(3)24-40(51)54-9)47(36,8)39(58-30-50)26-37(41)46/h14-17,29-31,34-39,41-42H,10-13,18-28H2,1-9H3/t31-,34-,35-,36+,37+,38-,39+,41+,46+,47-,48+/m1/s1. The minimum Gasteiger partial charge on any atom is -0.469 e. The summed E-state index contributed by atoms with van der Waals surface area (Å²) in [6.45, 7) is 18.7. The highest BCUT2D eigenvalue weighted by Gasteiger charge is 2.69. The Kier molecular flexibility index (Phi) is 15.4. The number of fused-ring (bicyclic) bond motifs is 5. The summed E-state index contributed by atoms with van der Waals surface area (Å²) in [6.07, 6.45) is 7.01. The van der Waals surface area contributed by atoms with Crippen molar-refractivity contribution in [2.75, 3.05) is 20.3 Å². The zero-order chi connectivity index (χ0) is 43.2. The van der Waals surface area contributed by atoms with Gasteiger partial charge >= 0.3 is 17.9 Å². The average Bonchev–Trinajstić information content (AvgIpc) is 3.56. The van der Waals surface area contributed by atoms with Crippen LogP contribution in [0.4, 0.5) is 0 Å². The van der Waals surface area contributed by atoms with Crippen LogP contribution in [0.2, 0.25) is 0 Å². The van der Waals surface area contributed by atoms with E-state index in [1.807, 2.05) is 58.9 Å². The van der Waals surface area contributed by atoms with E-state index in [1.54, 1.807) is 0 Å². The zero-order valence-electron chi connectivity index (χ0n) is 37.3. The lowest BCUT2D eigenvalue weighted by atomic mass is 9.40. The van der Waals surface area contributed by atoms with Gasteiger partial charge in [0.05, 0.1) is 32.5 Å². The number of carbonyl (C=O) groups is 5. The number of hydrogen-bond acceptors (Lipinski definition) is 11. The van der Waals surface area contributed by atoms with Crippen LogP contribution in [0, 0.1) is 52.3 Å². The van der Waals surface area contributed by atoms with Crippen molar-refractivity contribution >= 4 is 30.9 Å². The van der Waals surface area contributed by atoms with Gasteiger partial charge in [0.1, 0.15) is 12.2 Å². The van der Waals surface area contributed by atoms with E-state index in [0.717, 1.165) is 36.8 Å². The predicted octanol–water partition coefficient (Wildman–Crippen LogP) is 8.70. The molecule has 0 aromatic heterocycles. The molecule has 0 spiro atoms. The maximum Gasteiger partial charge on any atom is 0.321 e. The Morgan fingerprint density at radius 2 is 1.49 bits per heavy atom. The van der Waals surface area contributed by atoms with Crippen molar-refractivity contribution in [3.05, 3.63) is 35.4 Å². The number of esters is 3. The second-order valence-electron chi connectivity index (χ2n) is 19.7. The third kappa shape index (κ3) is 9.55. The van der Waals surface area contributed by atoms with Gasteiger partial charge < -0.3 is 28.4 Å². The molecule has 11 atom stereocenters. The molecule has 5 rings (SSSR count). The van der Waals surface area contributed by atoms with Crippen molar-refractivity contribution in [2.45, 2.75) is 162 Å². The van der Waals surface area contributed by atoms with Crippen LogP contribution in [0.5, 0.6) is 0 Å². The Bertz CT molecular complexity index is 1580. The van der Waals surface area contributed by atoms with Crippen molar-refractivity contribution in [3.8, 4) is 0 Å². The van der Waals surface area contributed by atoms with Crippen LogP contribution >= 0.6 is 0 Å². The van der Waals surface area contributed by atoms with E-state index in [0.29, 0.717) is 64.5 Å². The number of rotatable bonds is 19. The van der Waals surface area contributed by atoms with E-state index in [2.05, 4.69) is 20.8 Å². The molecule has 11 heteroatoms. The van der Waals surface area contributed by atoms with Crippen LogP contribution in [-0.2, 0) is 64.4 Å². The van der Waals surface area contributed by atoms with Crippen molar-refractivity contribution in [2.24, 2.45) is 52.3 Å². The number of benzene rings is 1. The van der Waals surface area contributed by atoms with Gasteiger partial charge in [-0.1, -0.05) is 71.7 Å². The molecule has 11 nitrogen and oxygen atoms in total. The second-order valence-corrected chi connectivity index (χ2v) is 19.7. The highest BCUT2D eigenvalue weighted by atomic mass is 16.6. The number of ether oxygens (including phenoxy) is 6. The van der Waals surface area contributed by atoms with E-state index < -0.39 is 40.9 Å². The Balaban J connectivity index is 1.59. The molecule has 4 saturated carbocycles. The summed E-state index contributed by atoms with van der Waals surface area (Å²) in [7, 11) is 1.41. The molecule has 4 aliphatic rings. The maximum absolute atomic E-state index is 14.4. The van der Waals surface area contributed by atoms with Crippen LogP contribution in [0.15, 0.2) is 24.3 Å². The van der Waals surface area contributed by atoms with E-state index >= 15 is 0 Å². The van der Waals surface area contributed by atoms with Crippen molar-refractivity contribution in [1.82, 2.24) is 0 Å². The fourth-order valence-corrected chi connectivity index (χ4v) is 12.4. The van der Waals surface area contributed by atoms with Crippen molar-refractivity contribution in [1.29, 1.82) is 0 Å². The molecule has 1 aromatic carbocycles. The molecular weight excluding hydrogens is 753 g/mol. The first kappa shape index (κ1) is 46.6. The minimum absolute atomic E-state index is 0.00285. The van der Waals surface area contributed by atoms with E-state index in [-0.39, 0.29) is 72.1 Å². The van der Waals surface area contributed by atoms with E-state index in [4.69, 9.17) is 28.4 Å². The van der Waals surface area contributed by atoms with Crippen LogP contribution in [0.3, 0.4) is 0 Å². The lowest BCUT2D eigenvalue weighted by Crippen LogP contribution is -2.64. The van der Waals surface area contributed by atoms with Crippen molar-refractivity contribution in [3.63, 3.8) is 0 Å². The molecule has 0 N–H and O–H groups in total. The quantitative estimate of drug-likeness (QED) is 0.0435. The third-order valence-electron chi connectivity index (χ3n) is 15.5. The minimum atomic E-state index is -1.20. The van der Waals surface area contributed by atoms with E-state index in [9.17, 15) is 24.0 Å². The molecule has 0 radical (unpaired) electrons. The summed E-state index contributed by atoms with van der Waals surface area (Å²) in [6, 6.07) is 8.12. The van der Waals surface area contributed by atoms with Gasteiger partial charge in [-0.05, 0) is 125 Å². The molecule has 0 amide bonds. The highest BCUT2D eigenvalue weighted by molar-refractivity contribution is 5.97. The number of methoxy groups -OCH3 is 1. The van der Waals surface area contributed by atoms with Crippen molar-refractivity contribution < 1.29 is 52.4 Å². The topological polar surface area (TPSA) is 141 Å². The molecule has 59 heavy (non-hydrogen) atoms. The normalized spacial score (nSPS) is 33.1. The Labute approximate surface area is 352 Å². The van der Waals surface area contributed by atoms with Gasteiger partial charge in [0.15, 0.2) is 5.92 Å². The van der Waals surface area contributed by atoms with Crippen LogP contribution in [-0.4, -0.2) is 69.0 Å². The highest BCUT2D eigenvalue weighted by Crippen LogP contribution is 2.71. The molecule has 0 aliphatic heterocycles. The lowest BCUT2D eigenvalue weighted by molar-refractivity contribution is -0.219. The number of carbonyl (C=O) groups excluding carboxylic acids is 5. The first-order chi connectivity index (χ1) is 28.0. The number of unbranched alkanes of at least 4 members (excludes halogenated alkanes) is 2. The SMILES string of the molecule is CCCCOC(=O)C(C(=O)OCCCC)[C@@]1(c2ccc(COC(C)(C)C)cc2)CC[C@@]2(C)[C@H](C[C@@H](OC=O)[C@@H]3[C@@H]2C[C@H](OC=O)[C@]2(C)[C@@H]([C@H](C)CC(=O)OC)CC[C@@H]32)C1. The van der Waals surface area contributed by atoms with Gasteiger partial charge in [-0.15, -0.1) is 0 Å². The lowest BCUT2D eigenvalue weighted by Gasteiger charge is -2.65. The molecule has 0 unspecified atom stereocenters. The summed E-state index contributed by atoms with van der Waals surface area (Å²) in [4.78, 5) is 66.0. The Morgan fingerprint density at radius 3 is 2.05 bits per heavy atom. The van der Waals surface area contributed by atoms with Crippen LogP contribution in [0.25, 0.3) is 0 Å². The molecule has 1 aromatic rings. The molecule has 0 bridgehead atoms. The summed E-state index contributed by atoms with van der Waals surface area (Å²) < 4.78 is 35.2. The third-order valence-corrected chi connectivity index (χ3v) is 15.5. The summed E-state index contributed by atoms with van der Waals surface area (Å²) >= 11 is 0. The van der Waals surface area contributed by atoms with Gasteiger partial charge in [0.25, 0.3) is 12.9 Å². The molecular formula is C48H72O11. The summed E-state index contributed by atoms with van der Waals surface area (Å²) in [5, 5.41) is 0. The van der Waals surface area contributed by atoms with Gasteiger partial charge in [0.2, 0.25) is 0 Å². The Hall–Kier alpha value is -3.47. The molecule has 0 saturated heterocycles. The fraction of sp³-hybridized carbons (Fsp3) is 0.771. The zero-order valence-corrected chi connectivity index (χ0v) is 37.3. The van der Waals surface area contributed by atoms with Crippen LogP contribution < -0.4 is 0 Å². The van der Waals surface area contributed by atoms with Gasteiger partial charge in [-0.25, -0.2) is 0 Å². The summed E-state index contributed by atoms with van der Waals surface area (Å²) in [5.41, 5.74) is -0.195. The van der Waals surface area contributed by atoms with Crippen LogP contribution in [0.1, 0.15) is 144 Å². The van der Waals surface area contributed by atoms with Gasteiger partial charge in [0, 0.05) is 23.2 Å². The average molecular weight is 825 g/mol. The largest absolute Gasteiger partial charge is 0.469 e. The molecule has 0 heterocycles. The first-order valence-corrected chi connectivity index (χ1v) is 22.4. The second kappa shape index (κ2) is 19.5. The number of hydrogen-bond donors (Lipinski definition) is 0. The smallest absolute Gasteiger partial charge is 0.321 e. The molecule has 4 aliphatic carbocycles. The summed E-state index contributed by atoms with van der Waals surface area (Å²) in [5.74, 6) is -2.49. The maximum atomic E-state index is 14.4. The Morgan fingerprint density at radius 1 is 0.864 bits per heavy atom. The first-order valence-electron chi connectivity index (χ1n) is 22.4. The molecule has 4 fully saturated rings. The van der Waals surface area contributed by atoms with Gasteiger partial charge in [-0.3, -0.25) is 24.0 Å². The fourth-order valence-electron chi connectivity index (χ4n) is 12.4. The molecule has 330 valence electrons.